The molecule has 2 N–H and O–H groups in total. The van der Waals surface area contributed by atoms with E-state index in [1.165, 1.54) is 6.20 Å². The maximum Gasteiger partial charge on any atom is 0.255 e. The number of nitrogens with zero attached hydrogens (tertiary/aromatic N) is 5. The van der Waals surface area contributed by atoms with Crippen LogP contribution in [-0.2, 0) is 0 Å². The van der Waals surface area contributed by atoms with Crippen molar-refractivity contribution in [3.8, 4) is 0 Å². The van der Waals surface area contributed by atoms with Crippen LogP contribution in [0.2, 0.25) is 0 Å². The number of hydrogen-bond donors (Lipinski definition) is 1. The number of rotatable bonds is 2. The third kappa shape index (κ3) is 2.91. The summed E-state index contributed by atoms with van der Waals surface area (Å²) in [6.45, 7) is 2.69. The van der Waals surface area contributed by atoms with Gasteiger partial charge in [0.05, 0.1) is 11.3 Å². The van der Waals surface area contributed by atoms with Gasteiger partial charge in [-0.25, -0.2) is 9.97 Å². The average molecular weight is 284 g/mol. The first-order valence-corrected chi connectivity index (χ1v) is 6.76. The second kappa shape index (κ2) is 5.74. The molecule has 0 bridgehead atoms. The van der Waals surface area contributed by atoms with Crippen molar-refractivity contribution in [1.29, 1.82) is 0 Å². The zero-order valence-electron chi connectivity index (χ0n) is 11.5. The molecule has 0 spiro atoms. The van der Waals surface area contributed by atoms with Crippen LogP contribution < -0.4 is 10.6 Å². The van der Waals surface area contributed by atoms with E-state index in [1.807, 2.05) is 0 Å². The van der Waals surface area contributed by atoms with Crippen molar-refractivity contribution >= 4 is 17.5 Å². The van der Waals surface area contributed by atoms with Crippen LogP contribution in [0.5, 0.6) is 0 Å². The van der Waals surface area contributed by atoms with Gasteiger partial charge < -0.3 is 15.5 Å². The Morgan fingerprint density at radius 1 is 1.10 bits per heavy atom. The normalized spacial score (nSPS) is 15.0. The van der Waals surface area contributed by atoms with Crippen LogP contribution >= 0.6 is 0 Å². The van der Waals surface area contributed by atoms with Gasteiger partial charge in [0.2, 0.25) is 5.95 Å². The molecule has 7 heteroatoms. The van der Waals surface area contributed by atoms with Gasteiger partial charge in [-0.15, -0.1) is 0 Å². The van der Waals surface area contributed by atoms with Crippen LogP contribution in [0, 0.1) is 0 Å². The number of piperazine rings is 1. The number of amides is 1. The predicted molar refractivity (Wildman–Crippen MR) is 78.8 cm³/mol. The summed E-state index contributed by atoms with van der Waals surface area (Å²) in [6, 6.07) is 3.44. The van der Waals surface area contributed by atoms with E-state index in [0.29, 0.717) is 43.4 Å². The molecule has 1 amide bonds. The summed E-state index contributed by atoms with van der Waals surface area (Å²) in [5.41, 5.74) is 6.69. The lowest BCUT2D eigenvalue weighted by Gasteiger charge is -2.34. The maximum atomic E-state index is 12.4. The van der Waals surface area contributed by atoms with Gasteiger partial charge in [-0.1, -0.05) is 0 Å². The lowest BCUT2D eigenvalue weighted by Crippen LogP contribution is -2.49. The number of hydrogen-bond acceptors (Lipinski definition) is 6. The van der Waals surface area contributed by atoms with Crippen LogP contribution in [0.3, 0.4) is 0 Å². The highest BCUT2D eigenvalue weighted by Gasteiger charge is 2.23. The molecule has 0 unspecified atom stereocenters. The molecule has 2 aromatic heterocycles. The molecule has 0 aliphatic carbocycles. The first-order valence-electron chi connectivity index (χ1n) is 6.76. The Labute approximate surface area is 122 Å². The molecule has 1 saturated heterocycles. The molecule has 21 heavy (non-hydrogen) atoms. The standard InChI is InChI=1S/C14H16N6O/c15-12-8-11(9-16-10-12)13(21)19-4-6-20(7-5-19)14-17-2-1-3-18-14/h1-3,8-10H,4-7,15H2. The van der Waals surface area contributed by atoms with Gasteiger partial charge in [0, 0.05) is 51.0 Å². The lowest BCUT2D eigenvalue weighted by atomic mass is 10.2. The first kappa shape index (κ1) is 13.3. The van der Waals surface area contributed by atoms with Gasteiger partial charge in [0.1, 0.15) is 0 Å². The number of nitrogen functional groups attached to an aromatic ring is 1. The molecule has 0 saturated carbocycles. The Bertz CT molecular complexity index is 624. The third-order valence-corrected chi connectivity index (χ3v) is 3.41. The summed E-state index contributed by atoms with van der Waals surface area (Å²) >= 11 is 0. The Hall–Kier alpha value is -2.70. The van der Waals surface area contributed by atoms with Gasteiger partial charge in [-0.3, -0.25) is 9.78 Å². The summed E-state index contributed by atoms with van der Waals surface area (Å²) in [5.74, 6) is 0.665. The number of carbonyl (C=O) groups excluding carboxylic acids is 1. The summed E-state index contributed by atoms with van der Waals surface area (Å²) in [7, 11) is 0. The maximum absolute atomic E-state index is 12.4. The minimum absolute atomic E-state index is 0.0385. The highest BCUT2D eigenvalue weighted by atomic mass is 16.2. The van der Waals surface area contributed by atoms with E-state index in [9.17, 15) is 4.79 Å². The molecule has 1 fully saturated rings. The predicted octanol–water partition coefficient (Wildman–Crippen LogP) is 0.416. The monoisotopic (exact) mass is 284 g/mol. The molecule has 1 aliphatic heterocycles. The number of nitrogens with two attached hydrogens (primary N) is 1. The van der Waals surface area contributed by atoms with Crippen molar-refractivity contribution in [3.63, 3.8) is 0 Å². The second-order valence-corrected chi connectivity index (χ2v) is 4.83. The fraction of sp³-hybridized carbons (Fsp3) is 0.286. The van der Waals surface area contributed by atoms with Crippen LogP contribution in [0.4, 0.5) is 11.6 Å². The summed E-state index contributed by atoms with van der Waals surface area (Å²) in [5, 5.41) is 0. The number of carbonyl (C=O) groups is 1. The Morgan fingerprint density at radius 3 is 2.48 bits per heavy atom. The van der Waals surface area contributed by atoms with Crippen molar-refractivity contribution in [3.05, 3.63) is 42.5 Å². The SMILES string of the molecule is Nc1cncc(C(=O)N2CCN(c3ncccn3)CC2)c1. The zero-order chi connectivity index (χ0) is 14.7. The van der Waals surface area contributed by atoms with E-state index in [4.69, 9.17) is 5.73 Å². The fourth-order valence-electron chi connectivity index (χ4n) is 2.32. The van der Waals surface area contributed by atoms with Gasteiger partial charge >= 0.3 is 0 Å². The van der Waals surface area contributed by atoms with E-state index < -0.39 is 0 Å². The van der Waals surface area contributed by atoms with Gasteiger partial charge in [0.15, 0.2) is 0 Å². The second-order valence-electron chi connectivity index (χ2n) is 4.83. The van der Waals surface area contributed by atoms with Crippen molar-refractivity contribution in [2.45, 2.75) is 0 Å². The Balaban J connectivity index is 1.64. The summed E-state index contributed by atoms with van der Waals surface area (Å²) < 4.78 is 0. The van der Waals surface area contributed by atoms with Crippen molar-refractivity contribution in [2.24, 2.45) is 0 Å². The van der Waals surface area contributed by atoms with E-state index in [2.05, 4.69) is 19.9 Å². The number of aromatic nitrogens is 3. The topological polar surface area (TPSA) is 88.2 Å². The van der Waals surface area contributed by atoms with Gasteiger partial charge in [0.25, 0.3) is 5.91 Å². The van der Waals surface area contributed by atoms with Crippen molar-refractivity contribution < 1.29 is 4.79 Å². The summed E-state index contributed by atoms with van der Waals surface area (Å²) in [4.78, 5) is 28.7. The lowest BCUT2D eigenvalue weighted by molar-refractivity contribution is 0.0746. The Kier molecular flexibility index (Phi) is 3.63. The number of anilines is 2. The highest BCUT2D eigenvalue weighted by molar-refractivity contribution is 5.94. The molecule has 0 radical (unpaired) electrons. The third-order valence-electron chi connectivity index (χ3n) is 3.41. The van der Waals surface area contributed by atoms with Crippen molar-refractivity contribution in [2.75, 3.05) is 36.8 Å². The molecule has 7 nitrogen and oxygen atoms in total. The van der Waals surface area contributed by atoms with E-state index in [0.717, 1.165) is 0 Å². The molecule has 2 aromatic rings. The zero-order valence-corrected chi connectivity index (χ0v) is 11.5. The molecular formula is C14H16N6O. The van der Waals surface area contributed by atoms with Crippen molar-refractivity contribution in [1.82, 2.24) is 19.9 Å². The van der Waals surface area contributed by atoms with Crippen LogP contribution in [0.15, 0.2) is 36.9 Å². The average Bonchev–Trinajstić information content (AvgIpc) is 2.55. The molecule has 108 valence electrons. The van der Waals surface area contributed by atoms with E-state index in [1.54, 1.807) is 35.6 Å². The summed E-state index contributed by atoms with van der Waals surface area (Å²) in [6.07, 6.45) is 6.52. The Morgan fingerprint density at radius 2 is 1.81 bits per heavy atom. The molecule has 0 atom stereocenters. The number of pyridine rings is 1. The molecule has 3 heterocycles. The van der Waals surface area contributed by atoms with E-state index >= 15 is 0 Å². The van der Waals surface area contributed by atoms with Crippen LogP contribution in [0.1, 0.15) is 10.4 Å². The van der Waals surface area contributed by atoms with Gasteiger partial charge in [-0.05, 0) is 12.1 Å². The van der Waals surface area contributed by atoms with Crippen LogP contribution in [-0.4, -0.2) is 51.9 Å². The van der Waals surface area contributed by atoms with Gasteiger partial charge in [-0.2, -0.15) is 0 Å². The van der Waals surface area contributed by atoms with E-state index in [-0.39, 0.29) is 5.91 Å². The minimum atomic E-state index is -0.0385. The molecule has 1 aliphatic rings. The largest absolute Gasteiger partial charge is 0.397 e. The molecular weight excluding hydrogens is 268 g/mol. The van der Waals surface area contributed by atoms with Crippen LogP contribution in [0.25, 0.3) is 0 Å². The smallest absolute Gasteiger partial charge is 0.255 e. The molecule has 0 aromatic carbocycles. The highest BCUT2D eigenvalue weighted by Crippen LogP contribution is 2.13. The quantitative estimate of drug-likeness (QED) is 0.859. The minimum Gasteiger partial charge on any atom is -0.397 e. The molecule has 3 rings (SSSR count). The fourth-order valence-corrected chi connectivity index (χ4v) is 2.32. The first-order chi connectivity index (χ1) is 10.2.